The van der Waals surface area contributed by atoms with Crippen LogP contribution < -0.4 is 15.6 Å². The minimum absolute atomic E-state index is 0.141. The van der Waals surface area contributed by atoms with Crippen molar-refractivity contribution in [3.8, 4) is 11.6 Å². The summed E-state index contributed by atoms with van der Waals surface area (Å²) in [5, 5.41) is 0. The number of carbonyl (C=O) groups excluding carboxylic acids is 2. The highest BCUT2D eigenvalue weighted by Gasteiger charge is 2.15. The summed E-state index contributed by atoms with van der Waals surface area (Å²) < 4.78 is 5.63. The van der Waals surface area contributed by atoms with Crippen molar-refractivity contribution in [3.05, 3.63) is 84.3 Å². The van der Waals surface area contributed by atoms with Crippen molar-refractivity contribution in [2.24, 2.45) is 0 Å². The number of rotatable bonds is 4. The van der Waals surface area contributed by atoms with Crippen molar-refractivity contribution >= 4 is 11.8 Å². The molecular formula is C18H14N4O3. The second kappa shape index (κ2) is 7.69. The number of hydrogen-bond donors (Lipinski definition) is 2. The van der Waals surface area contributed by atoms with Gasteiger partial charge in [-0.15, -0.1) is 0 Å². The molecule has 2 N–H and O–H groups in total. The highest BCUT2D eigenvalue weighted by molar-refractivity contribution is 6.00. The van der Waals surface area contributed by atoms with Gasteiger partial charge in [0.1, 0.15) is 11.3 Å². The van der Waals surface area contributed by atoms with Gasteiger partial charge in [0, 0.05) is 18.6 Å². The molecule has 0 saturated carbocycles. The number of ether oxygens (including phenoxy) is 1. The number of aromatic nitrogens is 2. The molecule has 0 saturated heterocycles. The van der Waals surface area contributed by atoms with E-state index in [4.69, 9.17) is 4.74 Å². The van der Waals surface area contributed by atoms with Crippen LogP contribution in [0.3, 0.4) is 0 Å². The van der Waals surface area contributed by atoms with Crippen molar-refractivity contribution in [2.75, 3.05) is 0 Å². The molecule has 0 unspecified atom stereocenters. The summed E-state index contributed by atoms with van der Waals surface area (Å²) >= 11 is 0. The molecule has 124 valence electrons. The van der Waals surface area contributed by atoms with Gasteiger partial charge in [-0.1, -0.05) is 18.2 Å². The smallest absolute Gasteiger partial charge is 0.275 e. The molecule has 7 nitrogen and oxygen atoms in total. The van der Waals surface area contributed by atoms with E-state index < -0.39 is 11.8 Å². The zero-order valence-corrected chi connectivity index (χ0v) is 13.0. The van der Waals surface area contributed by atoms with E-state index in [-0.39, 0.29) is 11.4 Å². The Labute approximate surface area is 143 Å². The van der Waals surface area contributed by atoms with Crippen LogP contribution in [0.15, 0.2) is 73.2 Å². The second-order valence-corrected chi connectivity index (χ2v) is 4.92. The lowest BCUT2D eigenvalue weighted by Gasteiger charge is -2.11. The Bertz CT molecular complexity index is 870. The van der Waals surface area contributed by atoms with Crippen LogP contribution in [-0.2, 0) is 0 Å². The van der Waals surface area contributed by atoms with E-state index in [1.807, 2.05) is 18.2 Å². The summed E-state index contributed by atoms with van der Waals surface area (Å²) in [4.78, 5) is 32.2. The van der Waals surface area contributed by atoms with Gasteiger partial charge >= 0.3 is 0 Å². The average Bonchev–Trinajstić information content (AvgIpc) is 2.68. The van der Waals surface area contributed by atoms with Crippen molar-refractivity contribution in [1.29, 1.82) is 0 Å². The van der Waals surface area contributed by atoms with Gasteiger partial charge in [0.2, 0.25) is 5.88 Å². The number of amides is 2. The molecule has 0 spiro atoms. The van der Waals surface area contributed by atoms with Gasteiger partial charge in [-0.3, -0.25) is 25.4 Å². The molecule has 0 atom stereocenters. The monoisotopic (exact) mass is 334 g/mol. The van der Waals surface area contributed by atoms with Gasteiger partial charge in [-0.25, -0.2) is 4.98 Å². The third kappa shape index (κ3) is 4.17. The van der Waals surface area contributed by atoms with Gasteiger partial charge in [-0.05, 0) is 36.4 Å². The number of nitrogens with one attached hydrogen (secondary N) is 2. The van der Waals surface area contributed by atoms with Gasteiger partial charge in [0.25, 0.3) is 11.8 Å². The van der Waals surface area contributed by atoms with Crippen LogP contribution in [0.4, 0.5) is 0 Å². The number of benzene rings is 1. The predicted octanol–water partition coefficient (Wildman–Crippen LogP) is 2.34. The third-order valence-corrected chi connectivity index (χ3v) is 3.19. The van der Waals surface area contributed by atoms with Crippen molar-refractivity contribution in [3.63, 3.8) is 0 Å². The van der Waals surface area contributed by atoms with E-state index in [0.29, 0.717) is 11.3 Å². The zero-order valence-electron chi connectivity index (χ0n) is 13.0. The fourth-order valence-corrected chi connectivity index (χ4v) is 2.00. The summed E-state index contributed by atoms with van der Waals surface area (Å²) in [6.45, 7) is 0. The number of nitrogens with zero attached hydrogens (tertiary/aromatic N) is 2. The quantitative estimate of drug-likeness (QED) is 0.714. The largest absolute Gasteiger partial charge is 0.438 e. The first-order valence-corrected chi connectivity index (χ1v) is 7.42. The minimum Gasteiger partial charge on any atom is -0.438 e. The van der Waals surface area contributed by atoms with E-state index in [1.165, 1.54) is 12.4 Å². The van der Waals surface area contributed by atoms with Crippen molar-refractivity contribution < 1.29 is 14.3 Å². The van der Waals surface area contributed by atoms with E-state index in [9.17, 15) is 9.59 Å². The van der Waals surface area contributed by atoms with E-state index >= 15 is 0 Å². The SMILES string of the molecule is O=C(NNC(=O)c1cccnc1Oc1ccccc1)c1cccnc1. The molecule has 0 bridgehead atoms. The number of carbonyl (C=O) groups is 2. The van der Waals surface area contributed by atoms with Crippen LogP contribution in [0, 0.1) is 0 Å². The first-order valence-electron chi connectivity index (χ1n) is 7.42. The number of para-hydroxylation sites is 1. The second-order valence-electron chi connectivity index (χ2n) is 4.92. The molecule has 0 aliphatic heterocycles. The molecule has 0 radical (unpaired) electrons. The maximum atomic E-state index is 12.3. The van der Waals surface area contributed by atoms with Crippen LogP contribution in [0.5, 0.6) is 11.6 Å². The Morgan fingerprint density at radius 1 is 0.840 bits per heavy atom. The Balaban J connectivity index is 1.69. The van der Waals surface area contributed by atoms with Crippen LogP contribution in [0.25, 0.3) is 0 Å². The molecule has 25 heavy (non-hydrogen) atoms. The van der Waals surface area contributed by atoms with E-state index in [1.54, 1.807) is 42.6 Å². The highest BCUT2D eigenvalue weighted by Crippen LogP contribution is 2.22. The molecule has 2 heterocycles. The summed E-state index contributed by atoms with van der Waals surface area (Å²) in [6.07, 6.45) is 4.47. The summed E-state index contributed by atoms with van der Waals surface area (Å²) in [7, 11) is 0. The Hall–Kier alpha value is -3.74. The first kappa shape index (κ1) is 16.1. The lowest BCUT2D eigenvalue weighted by Crippen LogP contribution is -2.41. The molecule has 3 rings (SSSR count). The van der Waals surface area contributed by atoms with Crippen molar-refractivity contribution in [2.45, 2.75) is 0 Å². The summed E-state index contributed by atoms with van der Waals surface area (Å²) in [6, 6.07) is 15.4. The molecule has 2 aromatic heterocycles. The number of pyridine rings is 2. The lowest BCUT2D eigenvalue weighted by molar-refractivity contribution is 0.0844. The van der Waals surface area contributed by atoms with Gasteiger partial charge in [0.05, 0.1) is 5.56 Å². The van der Waals surface area contributed by atoms with E-state index in [0.717, 1.165) is 0 Å². The van der Waals surface area contributed by atoms with Gasteiger partial charge < -0.3 is 4.74 Å². The number of hydrogen-bond acceptors (Lipinski definition) is 5. The topological polar surface area (TPSA) is 93.2 Å². The fourth-order valence-electron chi connectivity index (χ4n) is 2.00. The standard InChI is InChI=1S/C18H14N4O3/c23-16(13-6-4-10-19-12-13)21-22-17(24)15-9-5-11-20-18(15)25-14-7-2-1-3-8-14/h1-12H,(H,21,23)(H,22,24). The molecule has 7 heteroatoms. The fraction of sp³-hybridized carbons (Fsp3) is 0. The third-order valence-electron chi connectivity index (χ3n) is 3.19. The van der Waals surface area contributed by atoms with Crippen LogP contribution >= 0.6 is 0 Å². The van der Waals surface area contributed by atoms with Gasteiger partial charge in [0.15, 0.2) is 0 Å². The average molecular weight is 334 g/mol. The summed E-state index contributed by atoms with van der Waals surface area (Å²) in [5.41, 5.74) is 5.18. The first-order chi connectivity index (χ1) is 12.2. The maximum Gasteiger partial charge on any atom is 0.275 e. The maximum absolute atomic E-state index is 12.3. The molecule has 1 aromatic carbocycles. The lowest BCUT2D eigenvalue weighted by atomic mass is 10.2. The van der Waals surface area contributed by atoms with E-state index in [2.05, 4.69) is 20.8 Å². The predicted molar refractivity (Wildman–Crippen MR) is 89.9 cm³/mol. The zero-order chi connectivity index (χ0) is 17.5. The Kier molecular flexibility index (Phi) is 4.96. The molecular weight excluding hydrogens is 320 g/mol. The van der Waals surface area contributed by atoms with Crippen LogP contribution in [0.1, 0.15) is 20.7 Å². The molecule has 0 aliphatic rings. The Morgan fingerprint density at radius 2 is 1.60 bits per heavy atom. The number of hydrazine groups is 1. The van der Waals surface area contributed by atoms with Crippen molar-refractivity contribution in [1.82, 2.24) is 20.8 Å². The summed E-state index contributed by atoms with van der Waals surface area (Å²) in [5.74, 6) is -0.330. The normalized spacial score (nSPS) is 9.92. The van der Waals surface area contributed by atoms with Crippen LogP contribution in [0.2, 0.25) is 0 Å². The van der Waals surface area contributed by atoms with Crippen LogP contribution in [-0.4, -0.2) is 21.8 Å². The van der Waals surface area contributed by atoms with Gasteiger partial charge in [-0.2, -0.15) is 0 Å². The molecule has 0 fully saturated rings. The molecule has 2 amide bonds. The molecule has 0 aliphatic carbocycles. The highest BCUT2D eigenvalue weighted by atomic mass is 16.5. The molecule has 3 aromatic rings. The minimum atomic E-state index is -0.545. The Morgan fingerprint density at radius 3 is 2.36 bits per heavy atom.